The van der Waals surface area contributed by atoms with Crippen LogP contribution < -0.4 is 0 Å². The van der Waals surface area contributed by atoms with Gasteiger partial charge in [0.2, 0.25) is 0 Å². The molecule has 0 bridgehead atoms. The van der Waals surface area contributed by atoms with E-state index in [1.807, 2.05) is 0 Å². The van der Waals surface area contributed by atoms with Crippen molar-refractivity contribution in [3.63, 3.8) is 0 Å². The van der Waals surface area contributed by atoms with Crippen LogP contribution in [0.1, 0.15) is 125 Å². The topological polar surface area (TPSA) is 18.5 Å². The van der Waals surface area contributed by atoms with E-state index in [4.69, 9.17) is 9.78 Å². The van der Waals surface area contributed by atoms with Crippen molar-refractivity contribution >= 4 is 0 Å². The van der Waals surface area contributed by atoms with Crippen LogP contribution in [0.3, 0.4) is 0 Å². The Morgan fingerprint density at radius 1 is 0.353 bits per heavy atom. The maximum absolute atomic E-state index is 5.90. The van der Waals surface area contributed by atoms with E-state index in [-0.39, 0.29) is 43.3 Å². The molecule has 198 valence electrons. The fourth-order valence-electron chi connectivity index (χ4n) is 2.16. The zero-order chi connectivity index (χ0) is 27.7. The van der Waals surface area contributed by atoms with E-state index in [0.717, 1.165) is 0 Å². The first-order chi connectivity index (χ1) is 14.6. The van der Waals surface area contributed by atoms with Crippen LogP contribution in [-0.4, -0.2) is 13.2 Å². The first kappa shape index (κ1) is 33.0. The number of rotatable bonds is 5. The Hall–Kier alpha value is -0.960. The lowest BCUT2D eigenvalue weighted by atomic mass is 9.66. The lowest BCUT2D eigenvalue weighted by Crippen LogP contribution is -2.39. The van der Waals surface area contributed by atoms with E-state index in [1.54, 1.807) is 0 Å². The summed E-state index contributed by atoms with van der Waals surface area (Å²) in [7, 11) is 0. The van der Waals surface area contributed by atoms with Crippen molar-refractivity contribution < 1.29 is 9.78 Å². The Kier molecular flexibility index (Phi) is 9.90. The molecule has 0 radical (unpaired) electrons. The standard InChI is InChI=1S/C32H58O2/c1-25(2,3)29(13,14)19-21-31(17,27(7,8)9)23-33-34-24-32(18,28(10,11)12)22-20-30(15,16)26(4,5)6/h23-24H2,1-18H3. The summed E-state index contributed by atoms with van der Waals surface area (Å²) in [6, 6.07) is 0. The van der Waals surface area contributed by atoms with Crippen molar-refractivity contribution in [2.75, 3.05) is 13.2 Å². The molecule has 0 amide bonds. The molecule has 34 heavy (non-hydrogen) atoms. The quantitative estimate of drug-likeness (QED) is 0.171. The average Bonchev–Trinajstić information content (AvgIpc) is 2.58. The molecule has 0 aromatic heterocycles. The maximum atomic E-state index is 5.90. The van der Waals surface area contributed by atoms with Gasteiger partial charge in [-0.1, -0.05) is 107 Å². The molecule has 0 N–H and O–H groups in total. The second kappa shape index (κ2) is 10.2. The van der Waals surface area contributed by atoms with Crippen molar-refractivity contribution in [2.24, 2.45) is 43.3 Å². The summed E-state index contributed by atoms with van der Waals surface area (Å²) < 4.78 is 0. The number of hydrogen-bond acceptors (Lipinski definition) is 2. The van der Waals surface area contributed by atoms with Gasteiger partial charge in [0.1, 0.15) is 0 Å². The fraction of sp³-hybridized carbons (Fsp3) is 0.875. The molecule has 0 saturated heterocycles. The average molecular weight is 475 g/mol. The highest BCUT2D eigenvalue weighted by Crippen LogP contribution is 2.43. The van der Waals surface area contributed by atoms with E-state index in [0.29, 0.717) is 13.2 Å². The molecule has 0 aliphatic rings. The van der Waals surface area contributed by atoms with Gasteiger partial charge in [0.15, 0.2) is 0 Å². The maximum Gasteiger partial charge on any atom is 0.0990 e. The summed E-state index contributed by atoms with van der Waals surface area (Å²) >= 11 is 0. The lowest BCUT2D eigenvalue weighted by molar-refractivity contribution is -0.324. The van der Waals surface area contributed by atoms with Crippen molar-refractivity contribution in [3.8, 4) is 23.7 Å². The predicted octanol–water partition coefficient (Wildman–Crippen LogP) is 9.19. The van der Waals surface area contributed by atoms with E-state index in [1.165, 1.54) is 0 Å². The summed E-state index contributed by atoms with van der Waals surface area (Å²) in [5.41, 5.74) is -0.890. The Labute approximate surface area is 214 Å². The Balaban J connectivity index is 5.75. The number of hydrogen-bond donors (Lipinski definition) is 0. The second-order valence-corrected chi connectivity index (χ2v) is 15.9. The molecule has 0 fully saturated rings. The molecule has 0 saturated carbocycles. The van der Waals surface area contributed by atoms with Gasteiger partial charge in [0.05, 0.1) is 24.0 Å². The van der Waals surface area contributed by atoms with Crippen molar-refractivity contribution in [1.82, 2.24) is 0 Å². The van der Waals surface area contributed by atoms with Crippen LogP contribution in [0.25, 0.3) is 0 Å². The molecule has 0 heterocycles. The molecule has 2 atom stereocenters. The first-order valence-electron chi connectivity index (χ1n) is 13.0. The molecule has 0 aliphatic carbocycles. The third kappa shape index (κ3) is 8.32. The highest BCUT2D eigenvalue weighted by molar-refractivity contribution is 5.22. The third-order valence-electron chi connectivity index (χ3n) is 9.14. The van der Waals surface area contributed by atoms with E-state index in [2.05, 4.69) is 148 Å². The highest BCUT2D eigenvalue weighted by atomic mass is 17.2. The Morgan fingerprint density at radius 3 is 0.765 bits per heavy atom. The van der Waals surface area contributed by atoms with Gasteiger partial charge in [-0.05, 0) is 63.2 Å². The second-order valence-electron chi connectivity index (χ2n) is 15.9. The molecule has 2 heteroatoms. The van der Waals surface area contributed by atoms with Gasteiger partial charge in [-0.25, -0.2) is 9.78 Å². The van der Waals surface area contributed by atoms with Gasteiger partial charge in [0, 0.05) is 10.8 Å². The summed E-state index contributed by atoms with van der Waals surface area (Å²) in [5.74, 6) is 14.3. The van der Waals surface area contributed by atoms with Gasteiger partial charge in [-0.15, -0.1) is 0 Å². The zero-order valence-electron chi connectivity index (χ0n) is 26.2. The smallest absolute Gasteiger partial charge is 0.0990 e. The Bertz CT molecular complexity index is 725. The van der Waals surface area contributed by atoms with Crippen molar-refractivity contribution in [2.45, 2.75) is 125 Å². The first-order valence-corrected chi connectivity index (χ1v) is 13.0. The largest absolute Gasteiger partial charge is 0.235 e. The monoisotopic (exact) mass is 474 g/mol. The summed E-state index contributed by atoms with van der Waals surface area (Å²) in [4.78, 5) is 11.8. The Morgan fingerprint density at radius 2 is 0.588 bits per heavy atom. The molecule has 0 aliphatic heterocycles. The fourth-order valence-corrected chi connectivity index (χ4v) is 2.16. The molecule has 0 aromatic rings. The third-order valence-corrected chi connectivity index (χ3v) is 9.14. The van der Waals surface area contributed by atoms with E-state index >= 15 is 0 Å². The summed E-state index contributed by atoms with van der Waals surface area (Å²) in [6.07, 6.45) is 0. The van der Waals surface area contributed by atoms with Crippen LogP contribution in [-0.2, 0) is 9.78 Å². The van der Waals surface area contributed by atoms with Crippen LogP contribution in [0.4, 0.5) is 0 Å². The minimum absolute atomic E-state index is 0.0683. The predicted molar refractivity (Wildman–Crippen MR) is 149 cm³/mol. The molecule has 2 nitrogen and oxygen atoms in total. The van der Waals surface area contributed by atoms with Gasteiger partial charge < -0.3 is 0 Å². The van der Waals surface area contributed by atoms with Crippen LogP contribution in [0.5, 0.6) is 0 Å². The normalized spacial score (nSPS) is 17.6. The molecular formula is C32H58O2. The van der Waals surface area contributed by atoms with Crippen LogP contribution in [0.15, 0.2) is 0 Å². The van der Waals surface area contributed by atoms with Gasteiger partial charge in [0.25, 0.3) is 0 Å². The molecule has 0 rings (SSSR count). The highest BCUT2D eigenvalue weighted by Gasteiger charge is 2.41. The molecule has 0 spiro atoms. The molecule has 0 aromatic carbocycles. The van der Waals surface area contributed by atoms with Crippen LogP contribution in [0.2, 0.25) is 0 Å². The summed E-state index contributed by atoms with van der Waals surface area (Å²) in [6.45, 7) is 40.8. The van der Waals surface area contributed by atoms with Gasteiger partial charge in [-0.3, -0.25) is 0 Å². The van der Waals surface area contributed by atoms with E-state index < -0.39 is 0 Å². The van der Waals surface area contributed by atoms with Crippen molar-refractivity contribution in [3.05, 3.63) is 0 Å². The van der Waals surface area contributed by atoms with Gasteiger partial charge in [-0.2, -0.15) is 0 Å². The minimum atomic E-state index is -0.354. The van der Waals surface area contributed by atoms with Crippen LogP contribution >= 0.6 is 0 Å². The lowest BCUT2D eigenvalue weighted by Gasteiger charge is -2.40. The molecular weight excluding hydrogens is 416 g/mol. The van der Waals surface area contributed by atoms with Crippen molar-refractivity contribution in [1.29, 1.82) is 0 Å². The van der Waals surface area contributed by atoms with E-state index in [9.17, 15) is 0 Å². The van der Waals surface area contributed by atoms with Crippen LogP contribution in [0, 0.1) is 67.0 Å². The minimum Gasteiger partial charge on any atom is -0.235 e. The molecule has 2 unspecified atom stereocenters. The summed E-state index contributed by atoms with van der Waals surface area (Å²) in [5, 5.41) is 0. The zero-order valence-corrected chi connectivity index (χ0v) is 26.2. The SMILES string of the molecule is CC(C)(C)C(C)(C)C#CC(C)(COOCC(C)(C#CC(C)(C)C(C)(C)C)C(C)(C)C)C(C)(C)C. The van der Waals surface area contributed by atoms with Gasteiger partial charge >= 0.3 is 0 Å².